The van der Waals surface area contributed by atoms with Gasteiger partial charge in [0.1, 0.15) is 12.4 Å². The van der Waals surface area contributed by atoms with Crippen molar-refractivity contribution in [1.82, 2.24) is 0 Å². The Morgan fingerprint density at radius 1 is 0.786 bits per heavy atom. The zero-order valence-electron chi connectivity index (χ0n) is 16.4. The van der Waals surface area contributed by atoms with Gasteiger partial charge >= 0.3 is 64.4 Å². The summed E-state index contributed by atoms with van der Waals surface area (Å²) in [7, 11) is -4.06. The van der Waals surface area contributed by atoms with Crippen LogP contribution >= 0.6 is 11.8 Å². The zero-order valence-corrected chi connectivity index (χ0v) is 18.1. The van der Waals surface area contributed by atoms with Crippen molar-refractivity contribution in [1.29, 1.82) is 0 Å². The second kappa shape index (κ2) is 25.0. The third-order valence-electron chi connectivity index (χ3n) is 4.28. The molecule has 0 aromatic heterocycles. The molecule has 0 aliphatic heterocycles. The van der Waals surface area contributed by atoms with Gasteiger partial charge in [-0.05, 0) is 18.2 Å². The molecular formula is C19H40Na2O5S2. The Morgan fingerprint density at radius 2 is 1.18 bits per heavy atom. The Kier molecular flexibility index (Phi) is 30.7. The second-order valence-corrected chi connectivity index (χ2v) is 9.43. The number of hydrogen-bond donors (Lipinski definition) is 1. The predicted octanol–water partition coefficient (Wildman–Crippen LogP) is 4.93. The van der Waals surface area contributed by atoms with Gasteiger partial charge in [0.25, 0.3) is 10.1 Å². The van der Waals surface area contributed by atoms with Crippen LogP contribution in [-0.4, -0.2) is 95.5 Å². The van der Waals surface area contributed by atoms with Crippen molar-refractivity contribution in [2.45, 2.75) is 96.8 Å². The quantitative estimate of drug-likeness (QED) is 0.136. The van der Waals surface area contributed by atoms with Crippen molar-refractivity contribution in [3.05, 3.63) is 0 Å². The van der Waals surface area contributed by atoms with Crippen LogP contribution in [0.5, 0.6) is 0 Å². The first-order valence-corrected chi connectivity index (χ1v) is 12.8. The van der Waals surface area contributed by atoms with Gasteiger partial charge in [0.05, 0.1) is 0 Å². The van der Waals surface area contributed by atoms with Crippen molar-refractivity contribution in [2.75, 3.05) is 18.1 Å². The van der Waals surface area contributed by atoms with Gasteiger partial charge in [0, 0.05) is 5.75 Å². The summed E-state index contributed by atoms with van der Waals surface area (Å²) in [6.07, 6.45) is 18.2. The number of carbonyl (C=O) groups is 1. The number of unbranched alkanes of at least 4 members (excludes halogenated alkanes) is 13. The molecule has 28 heavy (non-hydrogen) atoms. The monoisotopic (exact) mass is 458 g/mol. The summed E-state index contributed by atoms with van der Waals surface area (Å²) in [6.45, 7) is 1.97. The summed E-state index contributed by atoms with van der Waals surface area (Å²) in [5, 5.41) is -0.469. The number of ether oxygens (including phenoxy) is 1. The Bertz CT molecular complexity index is 434. The molecule has 0 atom stereocenters. The van der Waals surface area contributed by atoms with E-state index >= 15 is 0 Å². The fourth-order valence-electron chi connectivity index (χ4n) is 2.72. The van der Waals surface area contributed by atoms with Gasteiger partial charge in [-0.1, -0.05) is 90.4 Å². The van der Waals surface area contributed by atoms with Gasteiger partial charge in [-0.25, -0.2) is 4.79 Å². The van der Waals surface area contributed by atoms with Crippen LogP contribution < -0.4 is 0 Å². The average Bonchev–Trinajstić information content (AvgIpc) is 2.57. The minimum atomic E-state index is -4.06. The van der Waals surface area contributed by atoms with E-state index in [-0.39, 0.29) is 65.7 Å². The topological polar surface area (TPSA) is 80.7 Å². The molecule has 0 fully saturated rings. The van der Waals surface area contributed by atoms with Crippen LogP contribution in [0, 0.1) is 0 Å². The molecule has 0 aromatic carbocycles. The Balaban J connectivity index is -0.00000312. The second-order valence-electron chi connectivity index (χ2n) is 6.83. The predicted molar refractivity (Wildman–Crippen MR) is 125 cm³/mol. The summed E-state index contributed by atoms with van der Waals surface area (Å²) >= 11 is 1.07. The SMILES string of the molecule is CCCCCCCCCCCCCCCCSC(=O)OCCS(=O)(=O)O.[NaH].[NaH]. The first kappa shape index (κ1) is 34.3. The summed E-state index contributed by atoms with van der Waals surface area (Å²) < 4.78 is 34.2. The van der Waals surface area contributed by atoms with Crippen LogP contribution in [-0.2, 0) is 14.9 Å². The zero-order chi connectivity index (χ0) is 19.5. The van der Waals surface area contributed by atoms with Gasteiger partial charge in [0.15, 0.2) is 0 Å². The van der Waals surface area contributed by atoms with E-state index in [0.29, 0.717) is 5.75 Å². The van der Waals surface area contributed by atoms with Crippen LogP contribution in [0.25, 0.3) is 0 Å². The maximum absolute atomic E-state index is 11.3. The summed E-state index contributed by atoms with van der Waals surface area (Å²) in [5.74, 6) is 0.154. The normalized spacial score (nSPS) is 10.8. The fraction of sp³-hybridized carbons (Fsp3) is 0.947. The third-order valence-corrected chi connectivity index (χ3v) is 5.81. The van der Waals surface area contributed by atoms with E-state index < -0.39 is 21.2 Å². The van der Waals surface area contributed by atoms with Gasteiger partial charge in [-0.15, -0.1) is 0 Å². The Morgan fingerprint density at radius 3 is 1.57 bits per heavy atom. The standard InChI is InChI=1S/C19H38O5S2.2Na.2H/c1-2-3-4-5-6-7-8-9-10-11-12-13-14-15-17-25-19(20)24-16-18-26(21,22)23;;;;/h2-18H2,1H3,(H,21,22,23);;;;. The van der Waals surface area contributed by atoms with Gasteiger partial charge in [-0.3, -0.25) is 4.55 Å². The van der Waals surface area contributed by atoms with Crippen molar-refractivity contribution in [3.8, 4) is 0 Å². The van der Waals surface area contributed by atoms with Crippen molar-refractivity contribution in [2.24, 2.45) is 0 Å². The average molecular weight is 459 g/mol. The van der Waals surface area contributed by atoms with E-state index in [1.54, 1.807) is 0 Å². The minimum absolute atomic E-state index is 0. The summed E-state index contributed by atoms with van der Waals surface area (Å²) in [5.41, 5.74) is 0. The maximum atomic E-state index is 11.3. The van der Waals surface area contributed by atoms with Gasteiger partial charge in [-0.2, -0.15) is 8.42 Å². The van der Waals surface area contributed by atoms with Gasteiger partial charge in [0.2, 0.25) is 0 Å². The number of rotatable bonds is 18. The molecule has 0 aromatic rings. The van der Waals surface area contributed by atoms with E-state index in [1.165, 1.54) is 77.0 Å². The van der Waals surface area contributed by atoms with E-state index in [2.05, 4.69) is 6.92 Å². The van der Waals surface area contributed by atoms with Crippen LogP contribution in [0.1, 0.15) is 96.8 Å². The molecule has 0 unspecified atom stereocenters. The fourth-order valence-corrected chi connectivity index (χ4v) is 3.70. The van der Waals surface area contributed by atoms with Crippen molar-refractivity contribution < 1.29 is 22.5 Å². The molecule has 0 saturated carbocycles. The van der Waals surface area contributed by atoms with E-state index in [9.17, 15) is 13.2 Å². The van der Waals surface area contributed by atoms with E-state index in [4.69, 9.17) is 9.29 Å². The molecule has 0 aliphatic rings. The van der Waals surface area contributed by atoms with Crippen molar-refractivity contribution in [3.63, 3.8) is 0 Å². The molecule has 160 valence electrons. The molecule has 0 spiro atoms. The first-order chi connectivity index (χ1) is 12.5. The van der Waals surface area contributed by atoms with Crippen LogP contribution in [0.4, 0.5) is 4.79 Å². The molecule has 1 N–H and O–H groups in total. The molecule has 9 heteroatoms. The molecule has 5 nitrogen and oxygen atoms in total. The van der Waals surface area contributed by atoms with E-state index in [0.717, 1.165) is 24.6 Å². The number of hydrogen-bond acceptors (Lipinski definition) is 5. The number of carbonyl (C=O) groups excluding carboxylic acids is 1. The van der Waals surface area contributed by atoms with Crippen molar-refractivity contribution >= 4 is 86.3 Å². The number of thioether (sulfide) groups is 1. The van der Waals surface area contributed by atoms with Gasteiger partial charge < -0.3 is 4.74 Å². The molecule has 0 rings (SSSR count). The molecular weight excluding hydrogens is 418 g/mol. The Hall–Kier alpha value is 1.73. The van der Waals surface area contributed by atoms with Crippen LogP contribution in [0.15, 0.2) is 0 Å². The third kappa shape index (κ3) is 29.9. The molecule has 0 radical (unpaired) electrons. The summed E-state index contributed by atoms with van der Waals surface area (Å²) in [4.78, 5) is 11.3. The Labute approximate surface area is 221 Å². The first-order valence-electron chi connectivity index (χ1n) is 10.2. The molecule has 0 aliphatic carbocycles. The molecule has 0 bridgehead atoms. The van der Waals surface area contributed by atoms with E-state index in [1.807, 2.05) is 0 Å². The summed E-state index contributed by atoms with van der Waals surface area (Å²) in [6, 6.07) is 0. The molecule has 0 heterocycles. The van der Waals surface area contributed by atoms with Crippen LogP contribution in [0.2, 0.25) is 0 Å². The molecule has 0 amide bonds. The van der Waals surface area contributed by atoms with Crippen LogP contribution in [0.3, 0.4) is 0 Å². The molecule has 0 saturated heterocycles.